The number of benzene rings is 2. The standard InChI is InChI=1S/C25H26N6O4/c1-4-35-24(33)15-31(2)23(32)9-6-10-27-21-12-19-20(13-22(21)34-3)28-16-29-25(19)30-18-8-5-7-17(11-18)14-26/h5-9,11-13,16,27H,4,10,15H2,1-3H3,(H,28,29,30). The first-order valence-corrected chi connectivity index (χ1v) is 10.9. The summed E-state index contributed by atoms with van der Waals surface area (Å²) >= 11 is 0. The van der Waals surface area contributed by atoms with Crippen molar-refractivity contribution in [1.82, 2.24) is 14.9 Å². The van der Waals surface area contributed by atoms with Crippen LogP contribution in [0.1, 0.15) is 12.5 Å². The van der Waals surface area contributed by atoms with Gasteiger partial charge in [0.2, 0.25) is 5.91 Å². The monoisotopic (exact) mass is 474 g/mol. The van der Waals surface area contributed by atoms with Crippen LogP contribution in [0.4, 0.5) is 17.2 Å². The summed E-state index contributed by atoms with van der Waals surface area (Å²) in [6.45, 7) is 2.20. The summed E-state index contributed by atoms with van der Waals surface area (Å²) in [4.78, 5) is 33.7. The maximum Gasteiger partial charge on any atom is 0.325 e. The number of nitriles is 1. The maximum atomic E-state index is 12.2. The van der Waals surface area contributed by atoms with E-state index >= 15 is 0 Å². The number of nitrogens with zero attached hydrogens (tertiary/aromatic N) is 4. The van der Waals surface area contributed by atoms with Gasteiger partial charge in [0, 0.05) is 36.8 Å². The largest absolute Gasteiger partial charge is 0.495 e. The van der Waals surface area contributed by atoms with Gasteiger partial charge in [-0.15, -0.1) is 0 Å². The molecule has 0 unspecified atom stereocenters. The summed E-state index contributed by atoms with van der Waals surface area (Å²) in [6, 6.07) is 12.9. The molecule has 0 saturated carbocycles. The Morgan fingerprint density at radius 3 is 2.80 bits per heavy atom. The van der Waals surface area contributed by atoms with E-state index in [9.17, 15) is 9.59 Å². The maximum absolute atomic E-state index is 12.2. The molecule has 3 aromatic rings. The zero-order valence-electron chi connectivity index (χ0n) is 19.7. The van der Waals surface area contributed by atoms with Crippen LogP contribution in [0.5, 0.6) is 5.75 Å². The predicted octanol–water partition coefficient (Wildman–Crippen LogP) is 3.24. The lowest BCUT2D eigenvalue weighted by molar-refractivity contribution is -0.147. The first kappa shape index (κ1) is 25.0. The number of amides is 1. The highest BCUT2D eigenvalue weighted by atomic mass is 16.5. The highest BCUT2D eigenvalue weighted by molar-refractivity contribution is 5.95. The van der Waals surface area contributed by atoms with Gasteiger partial charge in [-0.3, -0.25) is 9.59 Å². The summed E-state index contributed by atoms with van der Waals surface area (Å²) < 4.78 is 10.3. The van der Waals surface area contributed by atoms with E-state index in [2.05, 4.69) is 26.7 Å². The van der Waals surface area contributed by atoms with Gasteiger partial charge in [-0.2, -0.15) is 5.26 Å². The molecule has 10 nitrogen and oxygen atoms in total. The third-order valence-corrected chi connectivity index (χ3v) is 4.93. The van der Waals surface area contributed by atoms with Gasteiger partial charge >= 0.3 is 5.97 Å². The van der Waals surface area contributed by atoms with Crippen molar-refractivity contribution >= 4 is 40.0 Å². The molecule has 0 aliphatic rings. The molecule has 180 valence electrons. The van der Waals surface area contributed by atoms with E-state index in [0.29, 0.717) is 34.9 Å². The lowest BCUT2D eigenvalue weighted by Gasteiger charge is -2.14. The van der Waals surface area contributed by atoms with Gasteiger partial charge in [-0.05, 0) is 31.2 Å². The van der Waals surface area contributed by atoms with E-state index < -0.39 is 5.97 Å². The zero-order chi connectivity index (χ0) is 25.2. The number of nitrogens with one attached hydrogen (secondary N) is 2. The molecule has 1 aromatic heterocycles. The van der Waals surface area contributed by atoms with Crippen molar-refractivity contribution < 1.29 is 19.1 Å². The zero-order valence-corrected chi connectivity index (χ0v) is 19.7. The second kappa shape index (κ2) is 12.0. The van der Waals surface area contributed by atoms with Gasteiger partial charge in [0.15, 0.2) is 0 Å². The molecule has 0 radical (unpaired) electrons. The molecule has 1 amide bonds. The number of aromatic nitrogens is 2. The van der Waals surface area contributed by atoms with Crippen LogP contribution in [-0.4, -0.2) is 60.6 Å². The van der Waals surface area contributed by atoms with Crippen molar-refractivity contribution in [2.75, 3.05) is 44.5 Å². The molecule has 0 atom stereocenters. The summed E-state index contributed by atoms with van der Waals surface area (Å²) in [5.41, 5.74) is 2.61. The molecule has 0 bridgehead atoms. The minimum atomic E-state index is -0.457. The number of esters is 1. The summed E-state index contributed by atoms with van der Waals surface area (Å²) in [5.74, 6) is 0.376. The van der Waals surface area contributed by atoms with Crippen molar-refractivity contribution in [1.29, 1.82) is 5.26 Å². The van der Waals surface area contributed by atoms with Crippen LogP contribution in [0.15, 0.2) is 54.9 Å². The van der Waals surface area contributed by atoms with Crippen LogP contribution in [0.3, 0.4) is 0 Å². The Bertz CT molecular complexity index is 1280. The van der Waals surface area contributed by atoms with E-state index in [4.69, 9.17) is 14.7 Å². The van der Waals surface area contributed by atoms with Gasteiger partial charge < -0.3 is 25.0 Å². The van der Waals surface area contributed by atoms with Crippen LogP contribution in [-0.2, 0) is 14.3 Å². The number of fused-ring (bicyclic) bond motifs is 1. The Kier molecular flexibility index (Phi) is 8.56. The number of carbonyl (C=O) groups excluding carboxylic acids is 2. The fraction of sp³-hybridized carbons (Fsp3) is 0.240. The Morgan fingerprint density at radius 1 is 1.23 bits per heavy atom. The van der Waals surface area contributed by atoms with Gasteiger partial charge in [0.05, 0.1) is 36.6 Å². The number of likely N-dealkylation sites (N-methyl/N-ethyl adjacent to an activating group) is 1. The van der Waals surface area contributed by atoms with E-state index in [-0.39, 0.29) is 19.1 Å². The van der Waals surface area contributed by atoms with Crippen LogP contribution in [0.2, 0.25) is 0 Å². The Balaban J connectivity index is 1.75. The number of hydrogen-bond donors (Lipinski definition) is 2. The SMILES string of the molecule is CCOC(=O)CN(C)C(=O)C=CCNc1cc2c(Nc3cccc(C#N)c3)ncnc2cc1OC. The summed E-state index contributed by atoms with van der Waals surface area (Å²) in [6.07, 6.45) is 4.49. The van der Waals surface area contributed by atoms with E-state index in [1.165, 1.54) is 24.4 Å². The summed E-state index contributed by atoms with van der Waals surface area (Å²) in [7, 11) is 3.09. The van der Waals surface area contributed by atoms with Crippen LogP contribution in [0.25, 0.3) is 10.9 Å². The molecule has 0 fully saturated rings. The number of rotatable bonds is 10. The van der Waals surface area contributed by atoms with E-state index in [1.54, 1.807) is 44.4 Å². The minimum Gasteiger partial charge on any atom is -0.495 e. The smallest absolute Gasteiger partial charge is 0.325 e. The molecule has 2 aromatic carbocycles. The molecular weight excluding hydrogens is 448 g/mol. The molecule has 0 spiro atoms. The number of carbonyl (C=O) groups is 2. The third kappa shape index (κ3) is 6.68. The number of ether oxygens (including phenoxy) is 2. The first-order chi connectivity index (χ1) is 16.9. The van der Waals surface area contributed by atoms with E-state index in [1.807, 2.05) is 12.1 Å². The molecule has 1 heterocycles. The molecular formula is C25H26N6O4. The third-order valence-electron chi connectivity index (χ3n) is 4.93. The molecule has 0 aliphatic carbocycles. The van der Waals surface area contributed by atoms with Crippen molar-refractivity contribution in [3.63, 3.8) is 0 Å². The second-order valence-corrected chi connectivity index (χ2v) is 7.39. The topological polar surface area (TPSA) is 129 Å². The normalized spacial score (nSPS) is 10.6. The van der Waals surface area contributed by atoms with Crippen LogP contribution < -0.4 is 15.4 Å². The Hall–Kier alpha value is -4.65. The molecule has 0 saturated heterocycles. The predicted molar refractivity (Wildman–Crippen MR) is 132 cm³/mol. The second-order valence-electron chi connectivity index (χ2n) is 7.39. The highest BCUT2D eigenvalue weighted by Gasteiger charge is 2.12. The molecule has 35 heavy (non-hydrogen) atoms. The van der Waals surface area contributed by atoms with Gasteiger partial charge in [0.1, 0.15) is 24.4 Å². The molecule has 3 rings (SSSR count). The van der Waals surface area contributed by atoms with E-state index in [0.717, 1.165) is 11.1 Å². The fourth-order valence-corrected chi connectivity index (χ4v) is 3.23. The van der Waals surface area contributed by atoms with Crippen molar-refractivity contribution in [3.05, 3.63) is 60.4 Å². The van der Waals surface area contributed by atoms with Gasteiger partial charge in [-0.1, -0.05) is 12.1 Å². The average Bonchev–Trinajstić information content (AvgIpc) is 2.86. The minimum absolute atomic E-state index is 0.115. The molecule has 0 aliphatic heterocycles. The number of anilines is 3. The Labute approximate surface area is 203 Å². The van der Waals surface area contributed by atoms with Gasteiger partial charge in [0.25, 0.3) is 0 Å². The molecule has 2 N–H and O–H groups in total. The number of methoxy groups -OCH3 is 1. The fourth-order valence-electron chi connectivity index (χ4n) is 3.23. The summed E-state index contributed by atoms with van der Waals surface area (Å²) in [5, 5.41) is 16.3. The van der Waals surface area contributed by atoms with Crippen molar-refractivity contribution in [2.24, 2.45) is 0 Å². The quantitative estimate of drug-likeness (QED) is 0.336. The highest BCUT2D eigenvalue weighted by Crippen LogP contribution is 2.33. The first-order valence-electron chi connectivity index (χ1n) is 10.9. The van der Waals surface area contributed by atoms with Gasteiger partial charge in [-0.25, -0.2) is 9.97 Å². The average molecular weight is 475 g/mol. The lowest BCUT2D eigenvalue weighted by atomic mass is 10.1. The molecule has 10 heteroatoms. The Morgan fingerprint density at radius 2 is 2.06 bits per heavy atom. The number of hydrogen-bond acceptors (Lipinski definition) is 9. The van der Waals surface area contributed by atoms with Crippen LogP contribution >= 0.6 is 0 Å². The lowest BCUT2D eigenvalue weighted by Crippen LogP contribution is -2.31. The van der Waals surface area contributed by atoms with Crippen molar-refractivity contribution in [3.8, 4) is 11.8 Å². The van der Waals surface area contributed by atoms with Crippen molar-refractivity contribution in [2.45, 2.75) is 6.92 Å². The van der Waals surface area contributed by atoms with Crippen LogP contribution in [0, 0.1) is 11.3 Å².